The molecule has 0 bridgehead atoms. The van der Waals surface area contributed by atoms with E-state index in [9.17, 15) is 38.1 Å². The fourth-order valence-electron chi connectivity index (χ4n) is 11.7. The van der Waals surface area contributed by atoms with Gasteiger partial charge < -0.3 is 49.6 Å². The second-order valence-corrected chi connectivity index (χ2v) is 21.0. The molecule has 12 nitrogen and oxygen atoms in total. The number of ether oxygens (including phenoxy) is 5. The maximum atomic E-state index is 14.7. The summed E-state index contributed by atoms with van der Waals surface area (Å²) >= 11 is 5.72. The molecule has 18 atom stereocenters. The number of carbonyl (C=O) groups excluding carboxylic acids is 1. The third-order valence-corrected chi connectivity index (χ3v) is 16.4. The number of rotatable bonds is 14. The third kappa shape index (κ3) is 10.6. The number of halogens is 3. The SMILES string of the molecule is CC[C@@H](C(=O)[C@@H](C)[C@@H](O)[C@H](C)[C@@H]1O[C@@H]([C@@H](CC)C(=O)O)CC[C@@H]1C)[C@H]1O[C@]2(C=C[C@@H](NC(=S)Nc3cccc(C(F)(F)F)c3)[C@]3(CC[C@@](C)([C@H]4CC[C@](O)(CC)[C@H](C)O4)O3)O2)[C@H](C)C[C@@H]1C. The Balaban J connectivity index is 1.26. The van der Waals surface area contributed by atoms with E-state index in [1.807, 2.05) is 67.5 Å². The second kappa shape index (κ2) is 20.3. The highest BCUT2D eigenvalue weighted by Crippen LogP contribution is 2.54. The number of Topliss-reactive ketones (excluding diaryl/α,β-unsaturated/α-hetero) is 1. The average molecular weight is 953 g/mol. The minimum atomic E-state index is -4.54. The van der Waals surface area contributed by atoms with E-state index in [2.05, 4.69) is 17.6 Å². The van der Waals surface area contributed by atoms with Crippen LogP contribution >= 0.6 is 12.2 Å². The molecule has 0 unspecified atom stereocenters. The van der Waals surface area contributed by atoms with Crippen LogP contribution in [-0.2, 0) is 39.4 Å². The smallest absolute Gasteiger partial charge is 0.416 e. The Morgan fingerprint density at radius 3 is 2.26 bits per heavy atom. The molecule has 2 spiro atoms. The zero-order chi connectivity index (χ0) is 48.7. The highest BCUT2D eigenvalue weighted by atomic mass is 32.1. The number of aliphatic carboxylic acids is 1. The predicted octanol–water partition coefficient (Wildman–Crippen LogP) is 9.20. The monoisotopic (exact) mass is 953 g/mol. The lowest BCUT2D eigenvalue weighted by atomic mass is 9.72. The first-order valence-corrected chi connectivity index (χ1v) is 24.8. The second-order valence-electron chi connectivity index (χ2n) is 20.6. The van der Waals surface area contributed by atoms with Crippen LogP contribution in [0.4, 0.5) is 18.9 Å². The van der Waals surface area contributed by atoms with E-state index in [-0.39, 0.29) is 34.3 Å². The largest absolute Gasteiger partial charge is 0.481 e. The van der Waals surface area contributed by atoms with Crippen molar-refractivity contribution in [3.63, 3.8) is 0 Å². The molecule has 0 amide bonds. The van der Waals surface area contributed by atoms with Gasteiger partial charge in [-0.05, 0) is 120 Å². The van der Waals surface area contributed by atoms with Gasteiger partial charge in [0.25, 0.3) is 0 Å². The molecular weight excluding hydrogens is 878 g/mol. The van der Waals surface area contributed by atoms with E-state index < -0.39 is 107 Å². The molecule has 1 aromatic rings. The van der Waals surface area contributed by atoms with Crippen molar-refractivity contribution in [1.29, 1.82) is 0 Å². The number of benzene rings is 1. The number of ketones is 1. The minimum Gasteiger partial charge on any atom is -0.481 e. The molecule has 66 heavy (non-hydrogen) atoms. The van der Waals surface area contributed by atoms with E-state index in [4.69, 9.17) is 35.9 Å². The number of aliphatic hydroxyl groups is 2. The Morgan fingerprint density at radius 1 is 0.939 bits per heavy atom. The lowest BCUT2D eigenvalue weighted by molar-refractivity contribution is -0.397. The van der Waals surface area contributed by atoms with Crippen LogP contribution in [0.25, 0.3) is 0 Å². The van der Waals surface area contributed by atoms with E-state index >= 15 is 0 Å². The number of hydrogen-bond donors (Lipinski definition) is 5. The molecule has 0 aliphatic carbocycles. The number of anilines is 1. The molecule has 4 fully saturated rings. The first-order valence-electron chi connectivity index (χ1n) is 24.4. The summed E-state index contributed by atoms with van der Waals surface area (Å²) in [4.78, 5) is 26.8. The van der Waals surface area contributed by atoms with Crippen LogP contribution < -0.4 is 10.6 Å². The molecule has 5 aliphatic heterocycles. The topological polar surface area (TPSA) is 165 Å². The number of alkyl halides is 3. The number of aliphatic hydroxyl groups excluding tert-OH is 1. The Bertz CT molecular complexity index is 1920. The molecule has 16 heteroatoms. The number of carbonyl (C=O) groups is 2. The van der Waals surface area contributed by atoms with Gasteiger partial charge in [-0.2, -0.15) is 13.2 Å². The van der Waals surface area contributed by atoms with Gasteiger partial charge in [0, 0.05) is 35.8 Å². The van der Waals surface area contributed by atoms with Crippen molar-refractivity contribution in [1.82, 2.24) is 5.32 Å². The van der Waals surface area contributed by atoms with Gasteiger partial charge in [0.05, 0.1) is 59.3 Å². The van der Waals surface area contributed by atoms with Gasteiger partial charge in [-0.3, -0.25) is 9.59 Å². The van der Waals surface area contributed by atoms with Crippen molar-refractivity contribution in [2.45, 2.75) is 205 Å². The van der Waals surface area contributed by atoms with Crippen LogP contribution in [0.3, 0.4) is 0 Å². The lowest BCUT2D eigenvalue weighted by Gasteiger charge is -2.55. The van der Waals surface area contributed by atoms with Crippen molar-refractivity contribution >= 4 is 34.8 Å². The molecular formula is C50H75F3N2O10S. The maximum absolute atomic E-state index is 14.7. The fraction of sp³-hybridized carbons (Fsp3) is 0.780. The molecule has 0 saturated carbocycles. The van der Waals surface area contributed by atoms with Crippen LogP contribution in [-0.4, -0.2) is 97.6 Å². The number of thiocarbonyl (C=S) groups is 1. The molecule has 5 N–H and O–H groups in total. The van der Waals surface area contributed by atoms with E-state index in [1.165, 1.54) is 12.1 Å². The highest BCUT2D eigenvalue weighted by Gasteiger charge is 2.63. The minimum absolute atomic E-state index is 0.0498. The number of nitrogens with one attached hydrogen (secondary N) is 2. The number of carboxylic acid groups (broad SMARTS) is 1. The zero-order valence-corrected chi connectivity index (χ0v) is 41.2. The Hall–Kier alpha value is -2.70. The summed E-state index contributed by atoms with van der Waals surface area (Å²) in [6.07, 6.45) is 1.06. The van der Waals surface area contributed by atoms with E-state index in [1.54, 1.807) is 6.92 Å². The van der Waals surface area contributed by atoms with Crippen LogP contribution in [0.1, 0.15) is 139 Å². The van der Waals surface area contributed by atoms with Crippen molar-refractivity contribution in [2.75, 3.05) is 5.32 Å². The average Bonchev–Trinajstić information content (AvgIpc) is 3.61. The van der Waals surface area contributed by atoms with Crippen molar-refractivity contribution < 1.29 is 61.8 Å². The summed E-state index contributed by atoms with van der Waals surface area (Å²) in [5, 5.41) is 39.2. The summed E-state index contributed by atoms with van der Waals surface area (Å²) in [7, 11) is 0. The Morgan fingerprint density at radius 2 is 1.64 bits per heavy atom. The molecule has 5 heterocycles. The van der Waals surface area contributed by atoms with Crippen LogP contribution in [0.2, 0.25) is 0 Å². The van der Waals surface area contributed by atoms with Gasteiger partial charge in [0.15, 0.2) is 16.7 Å². The van der Waals surface area contributed by atoms with Gasteiger partial charge in [0.1, 0.15) is 11.8 Å². The zero-order valence-electron chi connectivity index (χ0n) is 40.4. The third-order valence-electron chi connectivity index (χ3n) is 16.2. The first-order chi connectivity index (χ1) is 30.9. The summed E-state index contributed by atoms with van der Waals surface area (Å²) in [6, 6.07) is 4.04. The summed E-state index contributed by atoms with van der Waals surface area (Å²) in [5.41, 5.74) is -2.52. The number of hydrogen-bond acceptors (Lipinski definition) is 10. The predicted molar refractivity (Wildman–Crippen MR) is 247 cm³/mol. The van der Waals surface area contributed by atoms with E-state index in [0.717, 1.165) is 18.6 Å². The maximum Gasteiger partial charge on any atom is 0.416 e. The van der Waals surface area contributed by atoms with Gasteiger partial charge >= 0.3 is 12.1 Å². The van der Waals surface area contributed by atoms with E-state index in [0.29, 0.717) is 57.8 Å². The standard InChI is InChI=1S/C50H75F3N2O10S/c1-11-35(44(58)59)37-18-17-27(4)42(62-37)31(8)40(56)30(7)41(57)36(12-2)43-28(5)25-29(6)48(63-43)22-19-38(55-45(66)54-34-16-14-15-33(26-34)50(51,52)53)49(65-48)24-23-46(10,64-49)39-20-21-47(60,13-3)32(9)61-39/h14-16,19,22,26-32,35-40,42-43,56,60H,11-13,17-18,20-21,23-25H2,1-10H3,(H,58,59)(H2,54,55,66)/t27-,28-,29+,30-,31-,32-,35+,36-,37+,38+,39+,40+,42+,43-,46-,47+,48-,49-/m0/s1. The lowest BCUT2D eigenvalue weighted by Crippen LogP contribution is -2.66. The van der Waals surface area contributed by atoms with Gasteiger partial charge in [-0.25, -0.2) is 0 Å². The van der Waals surface area contributed by atoms with Crippen molar-refractivity contribution in [3.8, 4) is 0 Å². The molecule has 1 aromatic carbocycles. The van der Waals surface area contributed by atoms with Crippen molar-refractivity contribution in [2.24, 2.45) is 41.4 Å². The van der Waals surface area contributed by atoms with Gasteiger partial charge in [0.2, 0.25) is 0 Å². The quantitative estimate of drug-likeness (QED) is 0.0887. The Kier molecular flexibility index (Phi) is 16.2. The fourth-order valence-corrected chi connectivity index (χ4v) is 12.0. The summed E-state index contributed by atoms with van der Waals surface area (Å²) in [5.74, 6) is -6.60. The van der Waals surface area contributed by atoms with Crippen LogP contribution in [0.5, 0.6) is 0 Å². The number of carboxylic acids is 1. The van der Waals surface area contributed by atoms with Gasteiger partial charge in [-0.15, -0.1) is 0 Å². The molecule has 4 saturated heterocycles. The molecule has 0 radical (unpaired) electrons. The van der Waals surface area contributed by atoms with Crippen LogP contribution in [0, 0.1) is 41.4 Å². The van der Waals surface area contributed by atoms with Crippen molar-refractivity contribution in [3.05, 3.63) is 42.0 Å². The highest BCUT2D eigenvalue weighted by molar-refractivity contribution is 7.80. The summed E-state index contributed by atoms with van der Waals surface area (Å²) in [6.45, 7) is 19.3. The van der Waals surface area contributed by atoms with Crippen LogP contribution in [0.15, 0.2) is 36.4 Å². The summed E-state index contributed by atoms with van der Waals surface area (Å²) < 4.78 is 75.4. The molecule has 6 rings (SSSR count). The molecule has 372 valence electrons. The van der Waals surface area contributed by atoms with Gasteiger partial charge in [-0.1, -0.05) is 67.5 Å². The molecule has 0 aromatic heterocycles. The first kappa shape index (κ1) is 52.7. The Labute approximate surface area is 394 Å². The molecule has 5 aliphatic rings. The normalized spacial score (nSPS) is 39.5.